The van der Waals surface area contributed by atoms with Crippen LogP contribution in [0, 0.1) is 11.6 Å². The fourth-order valence-electron chi connectivity index (χ4n) is 1.97. The van der Waals surface area contributed by atoms with Crippen molar-refractivity contribution in [3.63, 3.8) is 0 Å². The Bertz CT molecular complexity index is 564. The van der Waals surface area contributed by atoms with Gasteiger partial charge in [0.25, 0.3) is 0 Å². The summed E-state index contributed by atoms with van der Waals surface area (Å²) >= 11 is 0. The van der Waals surface area contributed by atoms with E-state index >= 15 is 0 Å². The van der Waals surface area contributed by atoms with Crippen molar-refractivity contribution in [3.8, 4) is 11.1 Å². The van der Waals surface area contributed by atoms with E-state index in [2.05, 4.69) is 5.32 Å². The molecule has 2 aromatic carbocycles. The van der Waals surface area contributed by atoms with E-state index in [9.17, 15) is 8.78 Å². The minimum absolute atomic E-state index is 0.289. The van der Waals surface area contributed by atoms with Crippen LogP contribution in [0.4, 0.5) is 8.78 Å². The summed E-state index contributed by atoms with van der Waals surface area (Å²) in [5, 5.41) is 3.23. The molecule has 0 unspecified atom stereocenters. The molecular formula is C16H17F2N. The third-order valence-electron chi connectivity index (χ3n) is 2.93. The Morgan fingerprint density at radius 1 is 1.00 bits per heavy atom. The molecule has 2 rings (SSSR count). The highest BCUT2D eigenvalue weighted by atomic mass is 19.1. The molecule has 0 heterocycles. The first kappa shape index (κ1) is 13.7. The summed E-state index contributed by atoms with van der Waals surface area (Å²) in [6, 6.07) is 11.3. The fourth-order valence-corrected chi connectivity index (χ4v) is 1.97. The predicted octanol–water partition coefficient (Wildman–Crippen LogP) is 4.13. The third kappa shape index (κ3) is 3.38. The van der Waals surface area contributed by atoms with E-state index in [0.29, 0.717) is 12.1 Å². The summed E-state index contributed by atoms with van der Waals surface area (Å²) in [4.78, 5) is 0. The molecule has 0 amide bonds. The molecule has 2 aromatic rings. The lowest BCUT2D eigenvalue weighted by Gasteiger charge is -2.13. The number of halogens is 2. The molecular weight excluding hydrogens is 244 g/mol. The quantitative estimate of drug-likeness (QED) is 0.872. The average Bonchev–Trinajstić information content (AvgIpc) is 2.37. The van der Waals surface area contributed by atoms with Crippen molar-refractivity contribution >= 4 is 0 Å². The smallest absolute Gasteiger partial charge is 0.131 e. The lowest BCUT2D eigenvalue weighted by molar-refractivity contribution is 0.581. The van der Waals surface area contributed by atoms with Gasteiger partial charge in [0.15, 0.2) is 0 Å². The molecule has 0 bridgehead atoms. The summed E-state index contributed by atoms with van der Waals surface area (Å²) in [6.07, 6.45) is 0. The lowest BCUT2D eigenvalue weighted by Crippen LogP contribution is -2.22. The first-order valence-electron chi connectivity index (χ1n) is 6.34. The Hall–Kier alpha value is -1.74. The highest BCUT2D eigenvalue weighted by Gasteiger charge is 2.10. The summed E-state index contributed by atoms with van der Waals surface area (Å²) in [7, 11) is 0. The standard InChI is InChI=1S/C16H17F2N/c1-11(2)19-10-12-9-13(17)7-8-14(12)15-5-3-4-6-16(15)18/h3-9,11,19H,10H2,1-2H3. The monoisotopic (exact) mass is 261 g/mol. The van der Waals surface area contributed by atoms with Gasteiger partial charge in [0.05, 0.1) is 0 Å². The van der Waals surface area contributed by atoms with E-state index in [1.165, 1.54) is 18.2 Å². The molecule has 0 aliphatic heterocycles. The van der Waals surface area contributed by atoms with Gasteiger partial charge < -0.3 is 5.32 Å². The maximum Gasteiger partial charge on any atom is 0.131 e. The van der Waals surface area contributed by atoms with E-state index in [1.807, 2.05) is 13.8 Å². The maximum atomic E-state index is 13.8. The van der Waals surface area contributed by atoms with Gasteiger partial charge in [-0.15, -0.1) is 0 Å². The number of nitrogens with one attached hydrogen (secondary N) is 1. The number of benzene rings is 2. The van der Waals surface area contributed by atoms with E-state index in [0.717, 1.165) is 11.1 Å². The Morgan fingerprint density at radius 3 is 2.42 bits per heavy atom. The van der Waals surface area contributed by atoms with Crippen LogP contribution in [0.5, 0.6) is 0 Å². The van der Waals surface area contributed by atoms with E-state index in [1.54, 1.807) is 24.3 Å². The molecule has 19 heavy (non-hydrogen) atoms. The summed E-state index contributed by atoms with van der Waals surface area (Å²) in [5.74, 6) is -0.597. The van der Waals surface area contributed by atoms with Gasteiger partial charge in [0.2, 0.25) is 0 Å². The highest BCUT2D eigenvalue weighted by Crippen LogP contribution is 2.27. The minimum atomic E-state index is -0.305. The molecule has 0 aliphatic carbocycles. The summed E-state index contributed by atoms with van der Waals surface area (Å²) in [6.45, 7) is 4.54. The van der Waals surface area contributed by atoms with Crippen LogP contribution in [0.3, 0.4) is 0 Å². The molecule has 3 heteroatoms. The van der Waals surface area contributed by atoms with Crippen molar-refractivity contribution < 1.29 is 8.78 Å². The Balaban J connectivity index is 2.42. The van der Waals surface area contributed by atoms with Crippen molar-refractivity contribution in [2.24, 2.45) is 0 Å². The summed E-state index contributed by atoms with van der Waals surface area (Å²) in [5.41, 5.74) is 1.99. The minimum Gasteiger partial charge on any atom is -0.310 e. The Labute approximate surface area is 112 Å². The third-order valence-corrected chi connectivity index (χ3v) is 2.93. The van der Waals surface area contributed by atoms with Crippen molar-refractivity contribution in [3.05, 3.63) is 59.7 Å². The first-order chi connectivity index (χ1) is 9.08. The number of hydrogen-bond acceptors (Lipinski definition) is 1. The molecule has 0 spiro atoms. The fraction of sp³-hybridized carbons (Fsp3) is 0.250. The maximum absolute atomic E-state index is 13.8. The molecule has 0 radical (unpaired) electrons. The van der Waals surface area contributed by atoms with Crippen molar-refractivity contribution in [1.82, 2.24) is 5.32 Å². The Kier molecular flexibility index (Phi) is 4.27. The topological polar surface area (TPSA) is 12.0 Å². The van der Waals surface area contributed by atoms with Gasteiger partial charge in [-0.3, -0.25) is 0 Å². The Morgan fingerprint density at radius 2 is 1.74 bits per heavy atom. The first-order valence-corrected chi connectivity index (χ1v) is 6.34. The predicted molar refractivity (Wildman–Crippen MR) is 73.8 cm³/mol. The molecule has 1 nitrogen and oxygen atoms in total. The summed E-state index contributed by atoms with van der Waals surface area (Å²) < 4.78 is 27.2. The van der Waals surface area contributed by atoms with Crippen molar-refractivity contribution in [2.75, 3.05) is 0 Å². The normalized spacial score (nSPS) is 11.0. The van der Waals surface area contributed by atoms with Gasteiger partial charge in [0.1, 0.15) is 11.6 Å². The van der Waals surface area contributed by atoms with Crippen LogP contribution in [-0.2, 0) is 6.54 Å². The van der Waals surface area contributed by atoms with Gasteiger partial charge in [-0.2, -0.15) is 0 Å². The van der Waals surface area contributed by atoms with Crippen LogP contribution in [0.25, 0.3) is 11.1 Å². The molecule has 1 N–H and O–H groups in total. The van der Waals surface area contributed by atoms with Crippen LogP contribution in [0.15, 0.2) is 42.5 Å². The van der Waals surface area contributed by atoms with E-state index in [-0.39, 0.29) is 17.7 Å². The molecule has 0 saturated carbocycles. The molecule has 0 aliphatic rings. The molecule has 0 saturated heterocycles. The molecule has 0 atom stereocenters. The van der Waals surface area contributed by atoms with Crippen molar-refractivity contribution in [2.45, 2.75) is 26.4 Å². The van der Waals surface area contributed by atoms with E-state index < -0.39 is 0 Å². The van der Waals surface area contributed by atoms with Crippen molar-refractivity contribution in [1.29, 1.82) is 0 Å². The van der Waals surface area contributed by atoms with E-state index in [4.69, 9.17) is 0 Å². The molecule has 0 aromatic heterocycles. The number of hydrogen-bond donors (Lipinski definition) is 1. The van der Waals surface area contributed by atoms with Crippen LogP contribution >= 0.6 is 0 Å². The molecule has 0 fully saturated rings. The van der Waals surface area contributed by atoms with Crippen LogP contribution in [-0.4, -0.2) is 6.04 Å². The zero-order valence-corrected chi connectivity index (χ0v) is 11.1. The zero-order valence-electron chi connectivity index (χ0n) is 11.1. The number of rotatable bonds is 4. The highest BCUT2D eigenvalue weighted by molar-refractivity contribution is 5.68. The van der Waals surface area contributed by atoms with Gasteiger partial charge in [-0.1, -0.05) is 38.1 Å². The van der Waals surface area contributed by atoms with Gasteiger partial charge in [-0.05, 0) is 29.3 Å². The second kappa shape index (κ2) is 5.93. The van der Waals surface area contributed by atoms with Crippen LogP contribution in [0.1, 0.15) is 19.4 Å². The second-order valence-corrected chi connectivity index (χ2v) is 4.82. The van der Waals surface area contributed by atoms with Gasteiger partial charge in [0, 0.05) is 18.2 Å². The second-order valence-electron chi connectivity index (χ2n) is 4.82. The van der Waals surface area contributed by atoms with Gasteiger partial charge in [-0.25, -0.2) is 8.78 Å². The lowest BCUT2D eigenvalue weighted by atomic mass is 9.99. The largest absolute Gasteiger partial charge is 0.310 e. The van der Waals surface area contributed by atoms with Crippen LogP contribution < -0.4 is 5.32 Å². The average molecular weight is 261 g/mol. The molecule has 100 valence electrons. The SMILES string of the molecule is CC(C)NCc1cc(F)ccc1-c1ccccc1F. The van der Waals surface area contributed by atoms with Gasteiger partial charge >= 0.3 is 0 Å². The van der Waals surface area contributed by atoms with Crippen LogP contribution in [0.2, 0.25) is 0 Å². The zero-order chi connectivity index (χ0) is 13.8.